The first-order valence-electron chi connectivity index (χ1n) is 9.50. The fourth-order valence-corrected chi connectivity index (χ4v) is 3.70. The smallest absolute Gasteiger partial charge is 0.337 e. The second kappa shape index (κ2) is 8.48. The van der Waals surface area contributed by atoms with Crippen LogP contribution in [0.5, 0.6) is 0 Å². The molecule has 4 rings (SSSR count). The number of aromatic carboxylic acids is 1. The molecule has 1 aliphatic carbocycles. The van der Waals surface area contributed by atoms with E-state index in [0.717, 1.165) is 31.1 Å². The Morgan fingerprint density at radius 3 is 2.50 bits per heavy atom. The van der Waals surface area contributed by atoms with Crippen molar-refractivity contribution in [2.24, 2.45) is 0 Å². The van der Waals surface area contributed by atoms with E-state index in [1.54, 1.807) is 31.3 Å². The average Bonchev–Trinajstić information content (AvgIpc) is 3.34. The van der Waals surface area contributed by atoms with Crippen molar-refractivity contribution in [3.63, 3.8) is 0 Å². The van der Waals surface area contributed by atoms with Gasteiger partial charge in [-0.3, -0.25) is 4.79 Å². The summed E-state index contributed by atoms with van der Waals surface area (Å²) in [5.41, 5.74) is 1.43. The van der Waals surface area contributed by atoms with Gasteiger partial charge in [0.25, 0.3) is 5.91 Å². The molecule has 1 amide bonds. The molecule has 3 aromatic rings. The zero-order chi connectivity index (χ0) is 20.5. The second-order valence-electron chi connectivity index (χ2n) is 7.37. The molecule has 3 aromatic heterocycles. The Morgan fingerprint density at radius 1 is 1.17 bits per heavy atom. The Balaban J connectivity index is 0.00000256. The molecule has 0 aromatic carbocycles. The van der Waals surface area contributed by atoms with Crippen molar-refractivity contribution in [2.75, 3.05) is 19.4 Å². The van der Waals surface area contributed by atoms with E-state index in [9.17, 15) is 9.59 Å². The summed E-state index contributed by atoms with van der Waals surface area (Å²) in [6.07, 6.45) is 7.27. The van der Waals surface area contributed by atoms with Gasteiger partial charge in [0.2, 0.25) is 5.95 Å². The van der Waals surface area contributed by atoms with Crippen LogP contribution in [0.1, 0.15) is 60.0 Å². The van der Waals surface area contributed by atoms with Gasteiger partial charge in [0.1, 0.15) is 17.2 Å². The number of carbonyl (C=O) groups excluding carboxylic acids is 1. The fraction of sp³-hybridized carbons (Fsp3) is 0.381. The van der Waals surface area contributed by atoms with E-state index in [2.05, 4.69) is 20.3 Å². The van der Waals surface area contributed by atoms with E-state index >= 15 is 0 Å². The largest absolute Gasteiger partial charge is 0.478 e. The van der Waals surface area contributed by atoms with Gasteiger partial charge >= 0.3 is 5.97 Å². The molecule has 0 unspecified atom stereocenters. The predicted octanol–water partition coefficient (Wildman–Crippen LogP) is 3.72. The lowest BCUT2D eigenvalue weighted by Gasteiger charge is -2.19. The van der Waals surface area contributed by atoms with Crippen LogP contribution in [0.4, 0.5) is 11.8 Å². The number of aromatic nitrogens is 4. The molecule has 9 heteroatoms. The molecule has 0 atom stereocenters. The summed E-state index contributed by atoms with van der Waals surface area (Å²) in [5, 5.41) is 12.8. The summed E-state index contributed by atoms with van der Waals surface area (Å²) >= 11 is 0. The summed E-state index contributed by atoms with van der Waals surface area (Å²) in [6.45, 7) is 0. The van der Waals surface area contributed by atoms with Crippen LogP contribution in [0.3, 0.4) is 0 Å². The van der Waals surface area contributed by atoms with Crippen LogP contribution in [0.25, 0.3) is 11.0 Å². The third-order valence-corrected chi connectivity index (χ3v) is 5.14. The van der Waals surface area contributed by atoms with E-state index in [1.807, 2.05) is 10.6 Å². The van der Waals surface area contributed by atoms with Crippen molar-refractivity contribution in [2.45, 2.75) is 39.2 Å². The molecule has 0 saturated heterocycles. The van der Waals surface area contributed by atoms with Crippen molar-refractivity contribution < 1.29 is 14.7 Å². The molecule has 0 spiro atoms. The van der Waals surface area contributed by atoms with Gasteiger partial charge in [0.15, 0.2) is 0 Å². The molecule has 1 fully saturated rings. The van der Waals surface area contributed by atoms with Crippen molar-refractivity contribution in [1.82, 2.24) is 24.4 Å². The van der Waals surface area contributed by atoms with E-state index < -0.39 is 5.97 Å². The third-order valence-electron chi connectivity index (χ3n) is 5.14. The van der Waals surface area contributed by atoms with Crippen LogP contribution in [-0.4, -0.2) is 55.5 Å². The molecular weight excluding hydrogens is 384 g/mol. The highest BCUT2D eigenvalue weighted by Gasteiger charge is 2.26. The van der Waals surface area contributed by atoms with Gasteiger partial charge in [-0.1, -0.05) is 20.3 Å². The van der Waals surface area contributed by atoms with Gasteiger partial charge in [0, 0.05) is 37.9 Å². The van der Waals surface area contributed by atoms with E-state index in [-0.39, 0.29) is 24.9 Å². The Hall–Kier alpha value is -3.49. The highest BCUT2D eigenvalue weighted by Crippen LogP contribution is 2.34. The number of carboxylic acid groups (broad SMARTS) is 1. The summed E-state index contributed by atoms with van der Waals surface area (Å²) in [4.78, 5) is 38.3. The maximum absolute atomic E-state index is 12.7. The second-order valence-corrected chi connectivity index (χ2v) is 7.37. The number of anilines is 2. The van der Waals surface area contributed by atoms with E-state index in [0.29, 0.717) is 23.1 Å². The van der Waals surface area contributed by atoms with Crippen LogP contribution < -0.4 is 5.32 Å². The minimum absolute atomic E-state index is 0. The first-order valence-corrected chi connectivity index (χ1v) is 9.50. The number of nitrogens with zero attached hydrogens (tertiary/aromatic N) is 5. The van der Waals surface area contributed by atoms with Crippen LogP contribution in [-0.2, 0) is 0 Å². The maximum Gasteiger partial charge on any atom is 0.337 e. The normalized spacial score (nSPS) is 13.8. The zero-order valence-electron chi connectivity index (χ0n) is 16.3. The van der Waals surface area contributed by atoms with Gasteiger partial charge in [-0.15, -0.1) is 0 Å². The maximum atomic E-state index is 12.7. The van der Waals surface area contributed by atoms with Crippen molar-refractivity contribution in [3.05, 3.63) is 41.9 Å². The van der Waals surface area contributed by atoms with Crippen molar-refractivity contribution in [3.8, 4) is 0 Å². The number of rotatable bonds is 5. The van der Waals surface area contributed by atoms with E-state index in [4.69, 9.17) is 5.11 Å². The minimum Gasteiger partial charge on any atom is -0.478 e. The Kier molecular flexibility index (Phi) is 6.00. The highest BCUT2D eigenvalue weighted by molar-refractivity contribution is 5.98. The molecule has 0 radical (unpaired) electrons. The average molecular weight is 410 g/mol. The first-order chi connectivity index (χ1) is 13.9. The number of pyridine rings is 1. The SMILES string of the molecule is C.CN(C)C(=O)c1cc2cnc(Nc3ccc(C(=O)O)cn3)nc2n1C1CCCC1. The number of nitrogens with one attached hydrogen (secondary N) is 1. The molecule has 2 N–H and O–H groups in total. The standard InChI is InChI=1S/C20H22N6O3.CH4/c1-25(2)18(27)15-9-13-11-22-20(23-16-8-7-12(10-21-16)19(28)29)24-17(13)26(15)14-5-3-4-6-14;/h7-11,14H,3-6H2,1-2H3,(H,28,29)(H,21,22,23,24);1H4. The zero-order valence-corrected chi connectivity index (χ0v) is 16.3. The molecule has 9 nitrogen and oxygen atoms in total. The van der Waals surface area contributed by atoms with Crippen LogP contribution in [0.2, 0.25) is 0 Å². The molecule has 0 bridgehead atoms. The monoisotopic (exact) mass is 410 g/mol. The molecule has 30 heavy (non-hydrogen) atoms. The van der Waals surface area contributed by atoms with Crippen LogP contribution in [0.15, 0.2) is 30.6 Å². The van der Waals surface area contributed by atoms with Gasteiger partial charge in [-0.25, -0.2) is 14.8 Å². The fourth-order valence-electron chi connectivity index (χ4n) is 3.70. The molecule has 1 aliphatic rings. The van der Waals surface area contributed by atoms with Gasteiger partial charge in [-0.05, 0) is 31.0 Å². The molecule has 0 aliphatic heterocycles. The number of carbonyl (C=O) groups is 2. The summed E-state index contributed by atoms with van der Waals surface area (Å²) in [7, 11) is 3.48. The van der Waals surface area contributed by atoms with Gasteiger partial charge < -0.3 is 19.9 Å². The number of carboxylic acids is 1. The Morgan fingerprint density at radius 2 is 1.90 bits per heavy atom. The van der Waals surface area contributed by atoms with Crippen LogP contribution >= 0.6 is 0 Å². The van der Waals surface area contributed by atoms with Gasteiger partial charge in [-0.2, -0.15) is 4.98 Å². The summed E-state index contributed by atoms with van der Waals surface area (Å²) < 4.78 is 2.04. The first kappa shape index (κ1) is 21.2. The minimum atomic E-state index is -1.03. The van der Waals surface area contributed by atoms with Crippen molar-refractivity contribution >= 4 is 34.7 Å². The molecule has 158 valence electrons. The summed E-state index contributed by atoms with van der Waals surface area (Å²) in [5.74, 6) is -0.309. The lowest BCUT2D eigenvalue weighted by molar-refractivity contribution is 0.0696. The number of hydrogen-bond donors (Lipinski definition) is 2. The van der Waals surface area contributed by atoms with Gasteiger partial charge in [0.05, 0.1) is 5.56 Å². The topological polar surface area (TPSA) is 113 Å². The third kappa shape index (κ3) is 3.96. The highest BCUT2D eigenvalue weighted by atomic mass is 16.4. The lowest BCUT2D eigenvalue weighted by atomic mass is 10.2. The van der Waals surface area contributed by atoms with Crippen molar-refractivity contribution in [1.29, 1.82) is 0 Å². The lowest BCUT2D eigenvalue weighted by Crippen LogP contribution is -2.25. The molecular formula is C21H26N6O3. The Labute approximate surface area is 174 Å². The predicted molar refractivity (Wildman–Crippen MR) is 114 cm³/mol. The number of amides is 1. The quantitative estimate of drug-likeness (QED) is 0.659. The number of fused-ring (bicyclic) bond motifs is 1. The van der Waals surface area contributed by atoms with Crippen LogP contribution in [0, 0.1) is 0 Å². The van der Waals surface area contributed by atoms with E-state index in [1.165, 1.54) is 12.3 Å². The Bertz CT molecular complexity index is 1070. The number of hydrogen-bond acceptors (Lipinski definition) is 6. The summed E-state index contributed by atoms with van der Waals surface area (Å²) in [6, 6.07) is 5.11. The molecule has 3 heterocycles. The molecule has 1 saturated carbocycles.